The Hall–Kier alpha value is -1.68. The van der Waals surface area contributed by atoms with Crippen LogP contribution in [0.25, 0.3) is 0 Å². The minimum atomic E-state index is 0.00119. The Kier molecular flexibility index (Phi) is 5.36. The van der Waals surface area contributed by atoms with Gasteiger partial charge in [0.1, 0.15) is 4.88 Å². The van der Waals surface area contributed by atoms with Crippen LogP contribution in [0, 0.1) is 6.92 Å². The van der Waals surface area contributed by atoms with Gasteiger partial charge in [-0.25, -0.2) is 9.78 Å². The average Bonchev–Trinajstić information content (AvgIpc) is 2.97. The third-order valence-electron chi connectivity index (χ3n) is 5.28. The molecular weight excluding hydrogens is 475 g/mol. The highest BCUT2D eigenvalue weighted by Crippen LogP contribution is 2.31. The fraction of sp³-hybridized carbons (Fsp3) is 0.421. The molecule has 142 valence electrons. The number of halogens is 1. The highest BCUT2D eigenvalue weighted by Gasteiger charge is 2.31. The summed E-state index contributed by atoms with van der Waals surface area (Å²) in [7, 11) is 0. The summed E-state index contributed by atoms with van der Waals surface area (Å²) in [6.07, 6.45) is 2.70. The van der Waals surface area contributed by atoms with Gasteiger partial charge in [-0.3, -0.25) is 4.79 Å². The Labute approximate surface area is 176 Å². The van der Waals surface area contributed by atoms with E-state index in [9.17, 15) is 9.59 Å². The maximum Gasteiger partial charge on any atom is 0.322 e. The quantitative estimate of drug-likeness (QED) is 0.514. The number of carbonyl (C=O) groups is 2. The molecule has 2 aromatic rings. The van der Waals surface area contributed by atoms with Crippen molar-refractivity contribution in [3.8, 4) is 0 Å². The van der Waals surface area contributed by atoms with Gasteiger partial charge in [-0.15, -0.1) is 0 Å². The van der Waals surface area contributed by atoms with E-state index >= 15 is 0 Å². The highest BCUT2D eigenvalue weighted by molar-refractivity contribution is 14.1. The van der Waals surface area contributed by atoms with Crippen molar-refractivity contribution in [1.29, 1.82) is 0 Å². The Morgan fingerprint density at radius 1 is 1.26 bits per heavy atom. The van der Waals surface area contributed by atoms with Gasteiger partial charge in [0, 0.05) is 54.0 Å². The predicted octanol–water partition coefficient (Wildman–Crippen LogP) is 4.09. The number of amides is 2. The topological polar surface area (TPSA) is 65.5 Å². The van der Waals surface area contributed by atoms with Crippen LogP contribution < -0.4 is 10.2 Å². The van der Waals surface area contributed by atoms with Crippen molar-refractivity contribution in [1.82, 2.24) is 9.88 Å². The number of urea groups is 1. The molecule has 6 nitrogen and oxygen atoms in total. The molecule has 8 heteroatoms. The number of carbonyl (C=O) groups excluding carboxylic acids is 2. The summed E-state index contributed by atoms with van der Waals surface area (Å²) in [6, 6.07) is 8.26. The molecule has 0 bridgehead atoms. The van der Waals surface area contributed by atoms with Gasteiger partial charge in [-0.2, -0.15) is 0 Å². The molecular formula is C19H21IN4O2S. The molecule has 1 aromatic heterocycles. The fourth-order valence-corrected chi connectivity index (χ4v) is 5.48. The van der Waals surface area contributed by atoms with Crippen molar-refractivity contribution in [3.05, 3.63) is 40.4 Å². The molecule has 0 saturated carbocycles. The number of rotatable bonds is 3. The van der Waals surface area contributed by atoms with Crippen molar-refractivity contribution in [2.75, 3.05) is 29.9 Å². The summed E-state index contributed by atoms with van der Waals surface area (Å²) in [4.78, 5) is 33.9. The second-order valence-electron chi connectivity index (χ2n) is 6.93. The molecule has 2 aliphatic rings. The van der Waals surface area contributed by atoms with Crippen LogP contribution in [0.3, 0.4) is 0 Å². The van der Waals surface area contributed by atoms with Gasteiger partial charge in [0.05, 0.1) is 5.69 Å². The second-order valence-corrected chi connectivity index (χ2v) is 8.89. The van der Waals surface area contributed by atoms with Crippen molar-refractivity contribution < 1.29 is 9.59 Å². The third-order valence-corrected chi connectivity index (χ3v) is 7.40. The van der Waals surface area contributed by atoms with E-state index in [1.807, 2.05) is 52.6 Å². The summed E-state index contributed by atoms with van der Waals surface area (Å²) in [5, 5.41) is 3.98. The second kappa shape index (κ2) is 7.75. The van der Waals surface area contributed by atoms with Crippen molar-refractivity contribution in [2.45, 2.75) is 32.2 Å². The first-order valence-electron chi connectivity index (χ1n) is 9.10. The van der Waals surface area contributed by atoms with Crippen LogP contribution in [-0.4, -0.2) is 45.4 Å². The highest BCUT2D eigenvalue weighted by atomic mass is 127. The van der Waals surface area contributed by atoms with Crippen molar-refractivity contribution in [2.24, 2.45) is 0 Å². The first kappa shape index (κ1) is 18.7. The number of hydrogen-bond donors (Lipinski definition) is 1. The van der Waals surface area contributed by atoms with Crippen LogP contribution in [0.1, 0.15) is 33.8 Å². The standard InChI is InChI=1S/C19H21IN4O2S/c1-12-16(17(20)25)27-19(21-12)23-9-7-14(8-10-23)24-11-6-13-4-2-3-5-15(13)22-18(24)26/h2-5,14H,6-11H2,1H3,(H,22,26). The number of piperidine rings is 1. The molecule has 0 radical (unpaired) electrons. The van der Waals surface area contributed by atoms with Gasteiger partial charge in [-0.1, -0.05) is 29.5 Å². The van der Waals surface area contributed by atoms with E-state index in [1.165, 1.54) is 16.9 Å². The van der Waals surface area contributed by atoms with E-state index in [1.54, 1.807) is 0 Å². The molecule has 1 fully saturated rings. The van der Waals surface area contributed by atoms with E-state index in [0.717, 1.165) is 60.3 Å². The van der Waals surface area contributed by atoms with Gasteiger partial charge in [0.15, 0.2) is 5.13 Å². The smallest absolute Gasteiger partial charge is 0.322 e. The van der Waals surface area contributed by atoms with Crippen LogP contribution >= 0.6 is 33.9 Å². The van der Waals surface area contributed by atoms with Crippen LogP contribution in [0.2, 0.25) is 0 Å². The molecule has 2 amide bonds. The Morgan fingerprint density at radius 3 is 2.70 bits per heavy atom. The Balaban J connectivity index is 1.41. The zero-order valence-corrected chi connectivity index (χ0v) is 18.0. The molecule has 0 spiro atoms. The summed E-state index contributed by atoms with van der Waals surface area (Å²) in [5.74, 6) is 0. The van der Waals surface area contributed by atoms with Crippen LogP contribution in [0.15, 0.2) is 24.3 Å². The van der Waals surface area contributed by atoms with Crippen molar-refractivity contribution >= 4 is 54.6 Å². The first-order valence-corrected chi connectivity index (χ1v) is 11.0. The van der Waals surface area contributed by atoms with E-state index in [2.05, 4.69) is 21.3 Å². The number of benzene rings is 1. The van der Waals surface area contributed by atoms with Gasteiger partial charge in [0.2, 0.25) is 3.79 Å². The van der Waals surface area contributed by atoms with Gasteiger partial charge < -0.3 is 15.1 Å². The van der Waals surface area contributed by atoms with Crippen molar-refractivity contribution in [3.63, 3.8) is 0 Å². The number of hydrogen-bond acceptors (Lipinski definition) is 5. The molecule has 2 aliphatic heterocycles. The first-order chi connectivity index (χ1) is 13.0. The third kappa shape index (κ3) is 3.82. The van der Waals surface area contributed by atoms with Gasteiger partial charge in [0.25, 0.3) is 0 Å². The number of fused-ring (bicyclic) bond motifs is 1. The van der Waals surface area contributed by atoms with Crippen LogP contribution in [0.4, 0.5) is 15.6 Å². The van der Waals surface area contributed by atoms with E-state index in [0.29, 0.717) is 0 Å². The number of nitrogens with one attached hydrogen (secondary N) is 1. The van der Waals surface area contributed by atoms with Crippen LogP contribution in [-0.2, 0) is 6.42 Å². The summed E-state index contributed by atoms with van der Waals surface area (Å²) in [5.41, 5.74) is 2.93. The molecule has 4 rings (SSSR count). The number of aryl methyl sites for hydroxylation is 1. The van der Waals surface area contributed by atoms with E-state index < -0.39 is 0 Å². The lowest BCUT2D eigenvalue weighted by atomic mass is 10.0. The van der Waals surface area contributed by atoms with E-state index in [-0.39, 0.29) is 15.9 Å². The molecule has 1 N–H and O–H groups in total. The normalized spacial score (nSPS) is 18.1. The molecule has 3 heterocycles. The molecule has 1 aromatic carbocycles. The van der Waals surface area contributed by atoms with Crippen LogP contribution in [0.5, 0.6) is 0 Å². The lowest BCUT2D eigenvalue weighted by molar-refractivity contribution is 0.110. The molecule has 0 atom stereocenters. The maximum absolute atomic E-state index is 12.7. The SMILES string of the molecule is Cc1nc(N2CCC(N3CCc4ccccc4NC3=O)CC2)sc1C(=O)I. The Bertz CT molecular complexity index is 876. The number of nitrogens with zero attached hydrogens (tertiary/aromatic N) is 3. The number of para-hydroxylation sites is 1. The molecule has 0 unspecified atom stereocenters. The lowest BCUT2D eigenvalue weighted by Crippen LogP contribution is -2.48. The molecule has 0 aliphatic carbocycles. The zero-order valence-electron chi connectivity index (χ0n) is 15.1. The number of thiazole rings is 1. The zero-order chi connectivity index (χ0) is 19.0. The summed E-state index contributed by atoms with van der Waals surface area (Å²) >= 11 is 3.29. The fourth-order valence-electron chi connectivity index (χ4n) is 3.81. The molecule has 1 saturated heterocycles. The lowest BCUT2D eigenvalue weighted by Gasteiger charge is -2.37. The summed E-state index contributed by atoms with van der Waals surface area (Å²) < 4.78 is 0.0459. The maximum atomic E-state index is 12.7. The minimum Gasteiger partial charge on any atom is -0.348 e. The number of anilines is 2. The number of aromatic nitrogens is 1. The summed E-state index contributed by atoms with van der Waals surface area (Å²) in [6.45, 7) is 4.34. The Morgan fingerprint density at radius 2 is 2.00 bits per heavy atom. The monoisotopic (exact) mass is 496 g/mol. The minimum absolute atomic E-state index is 0.00119. The molecule has 27 heavy (non-hydrogen) atoms. The van der Waals surface area contributed by atoms with Gasteiger partial charge >= 0.3 is 6.03 Å². The largest absolute Gasteiger partial charge is 0.348 e. The predicted molar refractivity (Wildman–Crippen MR) is 116 cm³/mol. The average molecular weight is 496 g/mol. The van der Waals surface area contributed by atoms with E-state index in [4.69, 9.17) is 0 Å². The van der Waals surface area contributed by atoms with Gasteiger partial charge in [-0.05, 0) is 37.8 Å².